The molecule has 6 atom stereocenters. The van der Waals surface area contributed by atoms with Crippen molar-refractivity contribution in [1.82, 2.24) is 14.6 Å². The molecule has 5 N–H and O–H groups in total. The molecule has 4 heterocycles. The van der Waals surface area contributed by atoms with Gasteiger partial charge in [0.25, 0.3) is 0 Å². The van der Waals surface area contributed by atoms with E-state index in [4.69, 9.17) is 29.0 Å². The third kappa shape index (κ3) is 14.4. The lowest BCUT2D eigenvalue weighted by Gasteiger charge is -2.24. The molecule has 57 heavy (non-hydrogen) atoms. The van der Waals surface area contributed by atoms with Crippen molar-refractivity contribution in [2.24, 2.45) is 0 Å². The smallest absolute Gasteiger partial charge is 0.397 e. The minimum absolute atomic E-state index is 0.0424. The molecule has 1 aliphatic heterocycles. The molecule has 0 aromatic carbocycles. The van der Waals surface area contributed by atoms with Crippen molar-refractivity contribution in [3.05, 3.63) is 59.7 Å². The Hall–Kier alpha value is -3.47. The van der Waals surface area contributed by atoms with Crippen LogP contribution in [-0.2, 0) is 40.0 Å². The number of nitriles is 2. The van der Waals surface area contributed by atoms with E-state index in [1.807, 2.05) is 12.1 Å². The van der Waals surface area contributed by atoms with Crippen LogP contribution in [0.1, 0.15) is 126 Å². The van der Waals surface area contributed by atoms with Crippen LogP contribution < -0.4 is 5.73 Å². The van der Waals surface area contributed by atoms with Gasteiger partial charge in [0, 0.05) is 25.2 Å². The predicted molar refractivity (Wildman–Crippen MR) is 213 cm³/mol. The molecule has 0 spiro atoms. The molecule has 0 aliphatic carbocycles. The highest BCUT2D eigenvalue weighted by Crippen LogP contribution is 2.46. The summed E-state index contributed by atoms with van der Waals surface area (Å²) in [6.45, 7) is 1.76. The van der Waals surface area contributed by atoms with E-state index >= 15 is 0 Å². The molecule has 4 rings (SSSR count). The van der Waals surface area contributed by atoms with Crippen LogP contribution in [0.5, 0.6) is 0 Å². The molecule has 0 amide bonds. The number of phosphoric acid groups is 1. The van der Waals surface area contributed by atoms with Crippen LogP contribution in [0.2, 0.25) is 0 Å². The molecule has 1 fully saturated rings. The van der Waals surface area contributed by atoms with Crippen LogP contribution in [0.4, 0.5) is 5.69 Å². The number of hydrogen-bond donors (Lipinski definition) is 4. The Kier molecular flexibility index (Phi) is 19.8. The Labute approximate surface area is 336 Å². The van der Waals surface area contributed by atoms with E-state index < -0.39 is 44.4 Å². The number of fused-ring (bicyclic) bond motifs is 1. The fraction of sp³-hybridized carbons (Fsp3) is 0.659. The quantitative estimate of drug-likeness (QED) is 0.0408. The van der Waals surface area contributed by atoms with E-state index in [0.29, 0.717) is 28.9 Å². The Morgan fingerprint density at radius 2 is 1.58 bits per heavy atom. The van der Waals surface area contributed by atoms with Crippen LogP contribution in [0.3, 0.4) is 0 Å². The lowest BCUT2D eigenvalue weighted by Crippen LogP contribution is -2.41. The van der Waals surface area contributed by atoms with Gasteiger partial charge in [-0.25, -0.2) is 9.08 Å². The van der Waals surface area contributed by atoms with Crippen LogP contribution >= 0.6 is 7.82 Å². The molecule has 0 bridgehead atoms. The Bertz CT molecular complexity index is 1770. The second-order valence-corrected chi connectivity index (χ2v) is 16.3. The molecular formula is C41H61N6O9P. The van der Waals surface area contributed by atoms with Gasteiger partial charge in [-0.2, -0.15) is 15.6 Å². The third-order valence-corrected chi connectivity index (χ3v) is 11.2. The van der Waals surface area contributed by atoms with Crippen molar-refractivity contribution < 1.29 is 42.9 Å². The maximum absolute atomic E-state index is 13.0. The summed E-state index contributed by atoms with van der Waals surface area (Å²) in [6, 6.07) is 10.3. The monoisotopic (exact) mass is 812 g/mol. The number of aliphatic hydroxyl groups excluding tert-OH is 2. The van der Waals surface area contributed by atoms with Crippen molar-refractivity contribution >= 4 is 19.0 Å². The van der Waals surface area contributed by atoms with Crippen molar-refractivity contribution in [2.75, 3.05) is 32.2 Å². The fourth-order valence-electron chi connectivity index (χ4n) is 6.97. The molecule has 3 aromatic rings. The number of nitrogens with zero attached hydrogens (tertiary/aromatic N) is 5. The number of nitrogens with two attached hydrogens (primary N) is 1. The SMILES string of the molecule is CCCCCCCCCCCCCCCCCCOC[C@H](COP(=O)(O)OC[C@H]1O[C@@](C#N)(c2ccc3c(N)ccnn23)[C@H](O)[C@@H]1O)OCc1cncc(C#N)c1. The highest BCUT2D eigenvalue weighted by Gasteiger charge is 2.58. The summed E-state index contributed by atoms with van der Waals surface area (Å²) < 4.78 is 42.5. The molecule has 314 valence electrons. The van der Waals surface area contributed by atoms with E-state index in [1.165, 1.54) is 106 Å². The van der Waals surface area contributed by atoms with E-state index in [-0.39, 0.29) is 25.5 Å². The summed E-state index contributed by atoms with van der Waals surface area (Å²) in [5.74, 6) is 0. The summed E-state index contributed by atoms with van der Waals surface area (Å²) in [7, 11) is -4.77. The molecule has 0 radical (unpaired) electrons. The number of rotatable bonds is 29. The largest absolute Gasteiger partial charge is 0.472 e. The molecule has 1 aliphatic rings. The number of anilines is 1. The Morgan fingerprint density at radius 3 is 2.21 bits per heavy atom. The van der Waals surface area contributed by atoms with Crippen LogP contribution in [0.15, 0.2) is 42.9 Å². The molecule has 3 aromatic heterocycles. The molecule has 16 heteroatoms. The van der Waals surface area contributed by atoms with Gasteiger partial charge in [-0.05, 0) is 36.2 Å². The topological polar surface area (TPSA) is 228 Å². The summed E-state index contributed by atoms with van der Waals surface area (Å²) in [5.41, 5.74) is 5.87. The number of aromatic nitrogens is 3. The van der Waals surface area contributed by atoms with E-state index in [1.54, 1.807) is 24.4 Å². The first-order valence-electron chi connectivity index (χ1n) is 20.5. The lowest BCUT2D eigenvalue weighted by atomic mass is 9.92. The first kappa shape index (κ1) is 46.2. The fourth-order valence-corrected chi connectivity index (χ4v) is 7.73. The standard InChI is InChI=1S/C41H61N6O9P/c1-2-3-4-5-6-7-8-9-10-11-12-13-14-15-16-17-22-52-28-34(53-27-33-23-32(24-42)25-45-26-33)29-54-57(50,51)55-30-37-39(48)40(49)41(31-43,56-37)38-19-18-36-35(44)20-21-46-47(36)38/h18-21,23,25-26,34,37,39-40,48-49H,2-17,22,27-30,44H2,1H3,(H,50,51)/t34-,37-,39-,40-,41+/m1/s1. The summed E-state index contributed by atoms with van der Waals surface area (Å²) in [5, 5.41) is 45.4. The maximum Gasteiger partial charge on any atom is 0.472 e. The van der Waals surface area contributed by atoms with E-state index in [9.17, 15) is 30.2 Å². The molecule has 0 saturated carbocycles. The number of nitrogen functional groups attached to an aromatic ring is 1. The zero-order valence-electron chi connectivity index (χ0n) is 33.3. The van der Waals surface area contributed by atoms with Crippen molar-refractivity contribution in [2.45, 2.75) is 146 Å². The van der Waals surface area contributed by atoms with Gasteiger partial charge in [-0.15, -0.1) is 0 Å². The second-order valence-electron chi connectivity index (χ2n) is 14.8. The first-order chi connectivity index (χ1) is 27.6. The number of hydrogen-bond acceptors (Lipinski definition) is 13. The molecule has 1 unspecified atom stereocenters. The van der Waals surface area contributed by atoms with Crippen molar-refractivity contribution in [1.29, 1.82) is 10.5 Å². The van der Waals surface area contributed by atoms with Gasteiger partial charge >= 0.3 is 7.82 Å². The second kappa shape index (κ2) is 24.5. The Balaban J connectivity index is 1.18. The molecule has 1 saturated heterocycles. The van der Waals surface area contributed by atoms with E-state index in [2.05, 4.69) is 17.0 Å². The highest BCUT2D eigenvalue weighted by atomic mass is 31.2. The minimum atomic E-state index is -4.77. The van der Waals surface area contributed by atoms with Gasteiger partial charge in [0.05, 0.1) is 48.9 Å². The summed E-state index contributed by atoms with van der Waals surface area (Å²) in [6.07, 6.45) is 19.1. The summed E-state index contributed by atoms with van der Waals surface area (Å²) >= 11 is 0. The van der Waals surface area contributed by atoms with Crippen molar-refractivity contribution in [3.63, 3.8) is 0 Å². The average molecular weight is 813 g/mol. The lowest BCUT2D eigenvalue weighted by molar-refractivity contribution is -0.0690. The third-order valence-electron chi connectivity index (χ3n) is 10.3. The number of ether oxygens (including phenoxy) is 3. The zero-order valence-corrected chi connectivity index (χ0v) is 34.1. The molecule has 15 nitrogen and oxygen atoms in total. The predicted octanol–water partition coefficient (Wildman–Crippen LogP) is 7.02. The van der Waals surface area contributed by atoms with Crippen LogP contribution in [0.25, 0.3) is 5.52 Å². The van der Waals surface area contributed by atoms with Gasteiger partial charge < -0.3 is 35.1 Å². The number of unbranched alkanes of at least 4 members (excludes halogenated alkanes) is 15. The number of aliphatic hydroxyl groups is 2. The van der Waals surface area contributed by atoms with Crippen LogP contribution in [-0.4, -0.2) is 80.5 Å². The zero-order chi connectivity index (χ0) is 40.9. The normalized spacial score (nSPS) is 21.0. The Morgan fingerprint density at radius 1 is 0.930 bits per heavy atom. The highest BCUT2D eigenvalue weighted by molar-refractivity contribution is 7.47. The van der Waals surface area contributed by atoms with Gasteiger partial charge in [0.1, 0.15) is 36.6 Å². The van der Waals surface area contributed by atoms with Crippen molar-refractivity contribution in [3.8, 4) is 12.1 Å². The minimum Gasteiger partial charge on any atom is -0.397 e. The van der Waals surface area contributed by atoms with Gasteiger partial charge in [0.2, 0.25) is 5.60 Å². The number of pyridine rings is 1. The first-order valence-corrected chi connectivity index (χ1v) is 22.0. The number of phosphoric ester groups is 1. The average Bonchev–Trinajstić information content (AvgIpc) is 3.76. The van der Waals surface area contributed by atoms with Gasteiger partial charge in [-0.3, -0.25) is 14.0 Å². The summed E-state index contributed by atoms with van der Waals surface area (Å²) in [4.78, 5) is 14.6. The maximum atomic E-state index is 13.0. The van der Waals surface area contributed by atoms with E-state index in [0.717, 1.165) is 19.3 Å². The van der Waals surface area contributed by atoms with Crippen LogP contribution in [0, 0.1) is 22.7 Å². The van der Waals surface area contributed by atoms with Gasteiger partial charge in [0.15, 0.2) is 0 Å². The molecular weight excluding hydrogens is 751 g/mol. The van der Waals surface area contributed by atoms with Gasteiger partial charge in [-0.1, -0.05) is 103 Å².